The van der Waals surface area contributed by atoms with Crippen LogP contribution in [-0.4, -0.2) is 30.1 Å². The van der Waals surface area contributed by atoms with Crippen LogP contribution in [0.25, 0.3) is 11.5 Å². The van der Waals surface area contributed by atoms with Gasteiger partial charge in [0, 0.05) is 16.3 Å². The molecule has 0 saturated carbocycles. The van der Waals surface area contributed by atoms with Crippen molar-refractivity contribution in [3.8, 4) is 11.5 Å². The molecule has 0 unspecified atom stereocenters. The summed E-state index contributed by atoms with van der Waals surface area (Å²) in [6.45, 7) is 0. The Kier molecular flexibility index (Phi) is 5.41. The molecular formula is C16H12ClFN2O3S2. The molecule has 0 aliphatic carbocycles. The van der Waals surface area contributed by atoms with Crippen LogP contribution in [-0.2, 0) is 9.84 Å². The van der Waals surface area contributed by atoms with Gasteiger partial charge in [-0.25, -0.2) is 12.8 Å². The second-order valence-corrected chi connectivity index (χ2v) is 8.59. The third-order valence-corrected chi connectivity index (χ3v) is 6.31. The van der Waals surface area contributed by atoms with E-state index in [0.29, 0.717) is 10.6 Å². The molecule has 0 atom stereocenters. The molecule has 1 aromatic heterocycles. The first-order valence-electron chi connectivity index (χ1n) is 7.15. The number of thioether (sulfide) groups is 1. The first kappa shape index (κ1) is 17.9. The molecule has 0 amide bonds. The van der Waals surface area contributed by atoms with Crippen LogP contribution in [0, 0.1) is 5.82 Å². The normalized spacial score (nSPS) is 11.6. The average Bonchev–Trinajstić information content (AvgIpc) is 3.04. The zero-order chi connectivity index (χ0) is 17.9. The Labute approximate surface area is 153 Å². The van der Waals surface area contributed by atoms with Crippen molar-refractivity contribution in [1.82, 2.24) is 10.2 Å². The first-order valence-corrected chi connectivity index (χ1v) is 10.2. The van der Waals surface area contributed by atoms with E-state index < -0.39 is 9.84 Å². The third kappa shape index (κ3) is 4.59. The molecule has 9 heteroatoms. The molecule has 0 aliphatic rings. The third-order valence-electron chi connectivity index (χ3n) is 3.25. The Morgan fingerprint density at radius 2 is 1.72 bits per heavy atom. The molecule has 3 aromatic rings. The van der Waals surface area contributed by atoms with Gasteiger partial charge in [-0.15, -0.1) is 10.2 Å². The Morgan fingerprint density at radius 3 is 2.40 bits per heavy atom. The largest absolute Gasteiger partial charge is 0.411 e. The molecule has 0 fully saturated rings. The number of halogens is 2. The van der Waals surface area contributed by atoms with E-state index in [0.717, 1.165) is 11.8 Å². The summed E-state index contributed by atoms with van der Waals surface area (Å²) in [5.74, 6) is 0.0807. The molecule has 3 rings (SSSR count). The molecule has 5 nitrogen and oxygen atoms in total. The van der Waals surface area contributed by atoms with Gasteiger partial charge in [-0.2, -0.15) is 0 Å². The van der Waals surface area contributed by atoms with Gasteiger partial charge < -0.3 is 4.42 Å². The Hall–Kier alpha value is -1.90. The van der Waals surface area contributed by atoms with Crippen molar-refractivity contribution in [2.45, 2.75) is 10.1 Å². The monoisotopic (exact) mass is 398 g/mol. The van der Waals surface area contributed by atoms with E-state index in [4.69, 9.17) is 16.0 Å². The Bertz CT molecular complexity index is 958. The summed E-state index contributed by atoms with van der Waals surface area (Å²) >= 11 is 6.90. The van der Waals surface area contributed by atoms with Crippen molar-refractivity contribution in [2.75, 3.05) is 11.5 Å². The van der Waals surface area contributed by atoms with Gasteiger partial charge in [0.25, 0.3) is 5.22 Å². The summed E-state index contributed by atoms with van der Waals surface area (Å²) in [5, 5.41) is 8.47. The highest BCUT2D eigenvalue weighted by molar-refractivity contribution is 8.00. The van der Waals surface area contributed by atoms with Gasteiger partial charge in [0.05, 0.1) is 10.6 Å². The summed E-state index contributed by atoms with van der Waals surface area (Å²) in [6, 6.07) is 11.7. The van der Waals surface area contributed by atoms with E-state index in [2.05, 4.69) is 10.2 Å². The van der Waals surface area contributed by atoms with Crippen molar-refractivity contribution in [3.05, 3.63) is 59.4 Å². The van der Waals surface area contributed by atoms with Crippen LogP contribution in [0.2, 0.25) is 5.02 Å². The summed E-state index contributed by atoms with van der Waals surface area (Å²) in [5.41, 5.74) is 0.592. The number of rotatable bonds is 6. The quantitative estimate of drug-likeness (QED) is 0.582. The van der Waals surface area contributed by atoms with Crippen LogP contribution >= 0.6 is 23.4 Å². The molecule has 130 valence electrons. The first-order chi connectivity index (χ1) is 11.9. The lowest BCUT2D eigenvalue weighted by atomic mass is 10.2. The second kappa shape index (κ2) is 7.55. The fraction of sp³-hybridized carbons (Fsp3) is 0.125. The zero-order valence-corrected chi connectivity index (χ0v) is 15.1. The van der Waals surface area contributed by atoms with Gasteiger partial charge in [-0.3, -0.25) is 0 Å². The van der Waals surface area contributed by atoms with Crippen LogP contribution < -0.4 is 0 Å². The smallest absolute Gasteiger partial charge is 0.276 e. The van der Waals surface area contributed by atoms with E-state index in [-0.39, 0.29) is 33.3 Å². The average molecular weight is 399 g/mol. The summed E-state index contributed by atoms with van der Waals surface area (Å²) in [4.78, 5) is 0.218. The SMILES string of the molecule is O=S(=O)(CCSc1nnc(-c2ccc(F)cc2)o1)c1ccc(Cl)cc1. The standard InChI is InChI=1S/C16H12ClFN2O3S2/c17-12-3-7-14(8-4-12)25(21,22)10-9-24-16-20-19-15(23-16)11-1-5-13(18)6-2-11/h1-8H,9-10H2. The van der Waals surface area contributed by atoms with Crippen LogP contribution in [0.1, 0.15) is 0 Å². The zero-order valence-electron chi connectivity index (χ0n) is 12.7. The molecule has 0 bridgehead atoms. The molecule has 1 heterocycles. The minimum absolute atomic E-state index is 0.0758. The maximum Gasteiger partial charge on any atom is 0.276 e. The Morgan fingerprint density at radius 1 is 1.04 bits per heavy atom. The summed E-state index contributed by atoms with van der Waals surface area (Å²) in [6.07, 6.45) is 0. The number of hydrogen-bond acceptors (Lipinski definition) is 6. The summed E-state index contributed by atoms with van der Waals surface area (Å²) < 4.78 is 42.8. The van der Waals surface area contributed by atoms with Crippen molar-refractivity contribution >= 4 is 33.2 Å². The number of sulfone groups is 1. The molecule has 0 saturated heterocycles. The highest BCUT2D eigenvalue weighted by atomic mass is 35.5. The van der Waals surface area contributed by atoms with Crippen LogP contribution in [0.4, 0.5) is 4.39 Å². The van der Waals surface area contributed by atoms with Crippen molar-refractivity contribution in [1.29, 1.82) is 0 Å². The number of hydrogen-bond donors (Lipinski definition) is 0. The van der Waals surface area contributed by atoms with Crippen LogP contribution in [0.3, 0.4) is 0 Å². The fourth-order valence-electron chi connectivity index (χ4n) is 1.98. The van der Waals surface area contributed by atoms with Gasteiger partial charge in [-0.1, -0.05) is 23.4 Å². The minimum Gasteiger partial charge on any atom is -0.411 e. The van der Waals surface area contributed by atoms with E-state index in [1.807, 2.05) is 0 Å². The van der Waals surface area contributed by atoms with Gasteiger partial charge in [0.1, 0.15) is 5.82 Å². The van der Waals surface area contributed by atoms with Gasteiger partial charge >= 0.3 is 0 Å². The molecule has 0 spiro atoms. The van der Waals surface area contributed by atoms with Gasteiger partial charge in [-0.05, 0) is 48.5 Å². The topological polar surface area (TPSA) is 73.1 Å². The highest BCUT2D eigenvalue weighted by Crippen LogP contribution is 2.24. The predicted octanol–water partition coefficient (Wildman–Crippen LogP) is 4.10. The highest BCUT2D eigenvalue weighted by Gasteiger charge is 2.16. The lowest BCUT2D eigenvalue weighted by Gasteiger charge is -2.03. The van der Waals surface area contributed by atoms with E-state index in [9.17, 15) is 12.8 Å². The Balaban J connectivity index is 1.61. The summed E-state index contributed by atoms with van der Waals surface area (Å²) in [7, 11) is -3.41. The molecule has 2 aromatic carbocycles. The fourth-order valence-corrected chi connectivity index (χ4v) is 4.51. The number of benzene rings is 2. The molecule has 25 heavy (non-hydrogen) atoms. The van der Waals surface area contributed by atoms with E-state index in [1.54, 1.807) is 0 Å². The van der Waals surface area contributed by atoms with E-state index >= 15 is 0 Å². The molecule has 0 radical (unpaired) electrons. The number of aromatic nitrogens is 2. The van der Waals surface area contributed by atoms with Gasteiger partial charge in [0.2, 0.25) is 5.89 Å². The van der Waals surface area contributed by atoms with Crippen LogP contribution in [0.5, 0.6) is 0 Å². The molecule has 0 N–H and O–H groups in total. The maximum atomic E-state index is 12.9. The lowest BCUT2D eigenvalue weighted by Crippen LogP contribution is -2.08. The van der Waals surface area contributed by atoms with Crippen molar-refractivity contribution in [3.63, 3.8) is 0 Å². The van der Waals surface area contributed by atoms with Crippen molar-refractivity contribution in [2.24, 2.45) is 0 Å². The lowest BCUT2D eigenvalue weighted by molar-refractivity contribution is 0.466. The minimum atomic E-state index is -3.41. The number of nitrogens with zero attached hydrogens (tertiary/aromatic N) is 2. The van der Waals surface area contributed by atoms with Crippen molar-refractivity contribution < 1.29 is 17.2 Å². The molecule has 0 aliphatic heterocycles. The molecular weight excluding hydrogens is 387 g/mol. The van der Waals surface area contributed by atoms with E-state index in [1.165, 1.54) is 48.5 Å². The maximum absolute atomic E-state index is 12.9. The second-order valence-electron chi connectivity index (χ2n) is 5.00. The van der Waals surface area contributed by atoms with Gasteiger partial charge in [0.15, 0.2) is 9.84 Å². The van der Waals surface area contributed by atoms with Crippen LogP contribution in [0.15, 0.2) is 63.1 Å². The predicted molar refractivity (Wildman–Crippen MR) is 93.9 cm³/mol.